The van der Waals surface area contributed by atoms with Gasteiger partial charge in [-0.1, -0.05) is 48.0 Å². The molecule has 4 heteroatoms. The second-order valence-corrected chi connectivity index (χ2v) is 16.4. The lowest BCUT2D eigenvalue weighted by Gasteiger charge is -2.31. The van der Waals surface area contributed by atoms with Gasteiger partial charge in [0, 0.05) is 5.33 Å². The minimum atomic E-state index is -1.36. The van der Waals surface area contributed by atoms with Crippen molar-refractivity contribution in [1.29, 1.82) is 0 Å². The summed E-state index contributed by atoms with van der Waals surface area (Å²) >= 11 is 3.48. The molecule has 0 fully saturated rings. The molecule has 0 radical (unpaired) electrons. The lowest BCUT2D eigenvalue weighted by Crippen LogP contribution is -2.42. The van der Waals surface area contributed by atoms with Crippen LogP contribution in [-0.4, -0.2) is 22.0 Å². The van der Waals surface area contributed by atoms with E-state index in [1.807, 2.05) is 0 Å². The molecule has 0 rings (SSSR count). The van der Waals surface area contributed by atoms with Gasteiger partial charge in [0.25, 0.3) is 0 Å². The topological polar surface area (TPSA) is 9.23 Å². The van der Waals surface area contributed by atoms with Crippen LogP contribution in [0.3, 0.4) is 0 Å². The van der Waals surface area contributed by atoms with Crippen LogP contribution in [0.15, 0.2) is 0 Å². The van der Waals surface area contributed by atoms with Gasteiger partial charge in [-0.2, -0.15) is 0 Å². The SMILES string of the molecule is C[Si](C)(C)O[Si](C)(C)CCCCCCCCBr. The van der Waals surface area contributed by atoms with Crippen LogP contribution in [0.4, 0.5) is 0 Å². The first-order valence-corrected chi connectivity index (χ1v) is 14.7. The van der Waals surface area contributed by atoms with Crippen LogP contribution in [0.5, 0.6) is 0 Å². The molecular weight excluding hydrogens is 308 g/mol. The molecule has 17 heavy (non-hydrogen) atoms. The van der Waals surface area contributed by atoms with Gasteiger partial charge in [-0.25, -0.2) is 0 Å². The summed E-state index contributed by atoms with van der Waals surface area (Å²) in [5.74, 6) is 0. The van der Waals surface area contributed by atoms with Crippen LogP contribution in [-0.2, 0) is 4.12 Å². The van der Waals surface area contributed by atoms with Crippen LogP contribution >= 0.6 is 15.9 Å². The van der Waals surface area contributed by atoms with Gasteiger partial charge in [0.1, 0.15) is 0 Å². The zero-order valence-corrected chi connectivity index (χ0v) is 16.0. The summed E-state index contributed by atoms with van der Waals surface area (Å²) in [6.07, 6.45) is 8.30. The number of unbranched alkanes of at least 4 members (excludes halogenated alkanes) is 5. The largest absolute Gasteiger partial charge is 0.456 e. The molecule has 0 aromatic carbocycles. The lowest BCUT2D eigenvalue weighted by molar-refractivity contribution is 0.536. The maximum Gasteiger partial charge on any atom is 0.173 e. The first kappa shape index (κ1) is 17.9. The van der Waals surface area contributed by atoms with E-state index in [0.717, 1.165) is 5.33 Å². The van der Waals surface area contributed by atoms with E-state index in [-0.39, 0.29) is 0 Å². The maximum atomic E-state index is 6.34. The normalized spacial score (nSPS) is 13.1. The third kappa shape index (κ3) is 13.1. The molecule has 0 bridgehead atoms. The summed E-state index contributed by atoms with van der Waals surface area (Å²) in [6, 6.07) is 1.34. The van der Waals surface area contributed by atoms with Crippen molar-refractivity contribution < 1.29 is 4.12 Å². The molecule has 0 aliphatic heterocycles. The molecule has 0 amide bonds. The number of rotatable bonds is 10. The Balaban J connectivity index is 3.52. The van der Waals surface area contributed by atoms with E-state index in [1.54, 1.807) is 0 Å². The monoisotopic (exact) mass is 338 g/mol. The Kier molecular flexibility index (Phi) is 9.34. The third-order valence-corrected chi connectivity index (χ3v) is 9.52. The van der Waals surface area contributed by atoms with Crippen molar-refractivity contribution in [1.82, 2.24) is 0 Å². The second-order valence-electron chi connectivity index (χ2n) is 6.53. The summed E-state index contributed by atoms with van der Waals surface area (Å²) in [5.41, 5.74) is 0. The first-order valence-electron chi connectivity index (χ1n) is 7.03. The molecular formula is C13H31BrOSi2. The van der Waals surface area contributed by atoms with E-state index in [0.29, 0.717) is 0 Å². The second kappa shape index (κ2) is 8.89. The summed E-state index contributed by atoms with van der Waals surface area (Å²) in [6.45, 7) is 11.7. The molecule has 0 unspecified atom stereocenters. The molecule has 0 atom stereocenters. The number of alkyl halides is 1. The van der Waals surface area contributed by atoms with Crippen molar-refractivity contribution in [2.75, 3.05) is 5.33 Å². The molecule has 0 saturated carbocycles. The van der Waals surface area contributed by atoms with Crippen LogP contribution in [0, 0.1) is 0 Å². The number of halogens is 1. The molecule has 0 spiro atoms. The Hall–Kier alpha value is 0.874. The first-order chi connectivity index (χ1) is 7.77. The zero-order valence-electron chi connectivity index (χ0n) is 12.4. The summed E-state index contributed by atoms with van der Waals surface area (Å²) in [7, 11) is -2.68. The van der Waals surface area contributed by atoms with Crippen LogP contribution in [0.25, 0.3) is 0 Å². The van der Waals surface area contributed by atoms with E-state index in [9.17, 15) is 0 Å². The molecule has 0 aromatic heterocycles. The Bertz CT molecular complexity index is 190. The zero-order chi connectivity index (χ0) is 13.4. The highest BCUT2D eigenvalue weighted by Gasteiger charge is 2.28. The Morgan fingerprint density at radius 3 is 1.71 bits per heavy atom. The fraction of sp³-hybridized carbons (Fsp3) is 1.00. The lowest BCUT2D eigenvalue weighted by atomic mass is 10.1. The summed E-state index contributed by atoms with van der Waals surface area (Å²) in [5, 5.41) is 1.16. The van der Waals surface area contributed by atoms with E-state index in [1.165, 1.54) is 44.6 Å². The Morgan fingerprint density at radius 1 is 0.765 bits per heavy atom. The van der Waals surface area contributed by atoms with E-state index < -0.39 is 16.6 Å². The van der Waals surface area contributed by atoms with Crippen molar-refractivity contribution in [2.24, 2.45) is 0 Å². The quantitative estimate of drug-likeness (QED) is 0.278. The third-order valence-electron chi connectivity index (χ3n) is 2.74. The van der Waals surface area contributed by atoms with Crippen molar-refractivity contribution in [2.45, 2.75) is 77.3 Å². The molecule has 0 aliphatic carbocycles. The van der Waals surface area contributed by atoms with Crippen LogP contribution < -0.4 is 0 Å². The van der Waals surface area contributed by atoms with Crippen molar-refractivity contribution >= 4 is 32.6 Å². The molecule has 1 nitrogen and oxygen atoms in total. The van der Waals surface area contributed by atoms with Gasteiger partial charge < -0.3 is 4.12 Å². The summed E-state index contributed by atoms with van der Waals surface area (Å²) < 4.78 is 6.34. The van der Waals surface area contributed by atoms with Gasteiger partial charge in [0.05, 0.1) is 0 Å². The standard InChI is InChI=1S/C13H31BrOSi2/c1-16(2,3)15-17(4,5)13-11-9-7-6-8-10-12-14/h6-13H2,1-5H3. The highest BCUT2D eigenvalue weighted by Crippen LogP contribution is 2.21. The molecule has 0 heterocycles. The fourth-order valence-electron chi connectivity index (χ4n) is 2.23. The Morgan fingerprint density at radius 2 is 1.24 bits per heavy atom. The highest BCUT2D eigenvalue weighted by molar-refractivity contribution is 9.09. The minimum Gasteiger partial charge on any atom is -0.456 e. The van der Waals surface area contributed by atoms with Crippen LogP contribution in [0.1, 0.15) is 38.5 Å². The highest BCUT2D eigenvalue weighted by atomic mass is 79.9. The molecule has 0 saturated heterocycles. The van der Waals surface area contributed by atoms with Gasteiger partial charge in [-0.05, 0) is 45.2 Å². The van der Waals surface area contributed by atoms with Gasteiger partial charge >= 0.3 is 0 Å². The number of hydrogen-bond acceptors (Lipinski definition) is 1. The molecule has 0 aromatic rings. The minimum absolute atomic E-state index is 1.16. The fourth-order valence-corrected chi connectivity index (χ4v) is 10.8. The van der Waals surface area contributed by atoms with Crippen molar-refractivity contribution in [3.05, 3.63) is 0 Å². The average molecular weight is 339 g/mol. The van der Waals surface area contributed by atoms with Gasteiger partial charge in [0.2, 0.25) is 0 Å². The average Bonchev–Trinajstić information content (AvgIpc) is 2.12. The van der Waals surface area contributed by atoms with E-state index in [4.69, 9.17) is 4.12 Å². The Labute approximate surface area is 119 Å². The summed E-state index contributed by atoms with van der Waals surface area (Å²) in [4.78, 5) is 0. The van der Waals surface area contributed by atoms with Gasteiger partial charge in [-0.3, -0.25) is 0 Å². The number of hydrogen-bond donors (Lipinski definition) is 0. The molecule has 104 valence electrons. The van der Waals surface area contributed by atoms with Gasteiger partial charge in [-0.15, -0.1) is 0 Å². The predicted molar refractivity (Wildman–Crippen MR) is 88.2 cm³/mol. The smallest absolute Gasteiger partial charge is 0.173 e. The van der Waals surface area contributed by atoms with Gasteiger partial charge in [0.15, 0.2) is 16.6 Å². The maximum absolute atomic E-state index is 6.34. The van der Waals surface area contributed by atoms with E-state index >= 15 is 0 Å². The van der Waals surface area contributed by atoms with Crippen molar-refractivity contribution in [3.63, 3.8) is 0 Å². The predicted octanol–water partition coefficient (Wildman–Crippen LogP) is 5.78. The molecule has 0 N–H and O–H groups in total. The van der Waals surface area contributed by atoms with E-state index in [2.05, 4.69) is 48.7 Å². The van der Waals surface area contributed by atoms with Crippen molar-refractivity contribution in [3.8, 4) is 0 Å². The van der Waals surface area contributed by atoms with Crippen LogP contribution in [0.2, 0.25) is 38.8 Å². The molecule has 0 aliphatic rings.